The molecule has 3 N–H and O–H groups in total. The van der Waals surface area contributed by atoms with E-state index < -0.39 is 0 Å². The largest absolute Gasteiger partial charge is 0.507 e. The number of hydrogen-bond donors (Lipinski definition) is 3. The monoisotopic (exact) mass is 278 g/mol. The average molecular weight is 278 g/mol. The summed E-state index contributed by atoms with van der Waals surface area (Å²) in [4.78, 5) is 3.92. The van der Waals surface area contributed by atoms with Gasteiger partial charge in [0.2, 0.25) is 5.13 Å². The summed E-state index contributed by atoms with van der Waals surface area (Å²) in [7, 11) is 0. The fourth-order valence-electron chi connectivity index (χ4n) is 1.35. The molecule has 0 fully saturated rings. The third-order valence-electron chi connectivity index (χ3n) is 2.30. The molecule has 98 valence electrons. The molecule has 2 aromatic rings. The second kappa shape index (κ2) is 5.44. The van der Waals surface area contributed by atoms with Crippen LogP contribution in [0.1, 0.15) is 12.5 Å². The smallest absolute Gasteiger partial charge is 0.229 e. The van der Waals surface area contributed by atoms with E-state index in [1.54, 1.807) is 11.6 Å². The van der Waals surface area contributed by atoms with Gasteiger partial charge in [-0.3, -0.25) is 0 Å². The number of hydrogen-bond acceptors (Lipinski definition) is 8. The van der Waals surface area contributed by atoms with Crippen LogP contribution in [-0.4, -0.2) is 26.1 Å². The van der Waals surface area contributed by atoms with Gasteiger partial charge in [-0.15, -0.1) is 21.6 Å². The minimum Gasteiger partial charge on any atom is -0.507 e. The molecule has 0 atom stereocenters. The van der Waals surface area contributed by atoms with Gasteiger partial charge in [0.05, 0.1) is 5.71 Å². The van der Waals surface area contributed by atoms with Gasteiger partial charge in [0.25, 0.3) is 0 Å². The Kier molecular flexibility index (Phi) is 3.71. The Morgan fingerprint density at radius 3 is 2.63 bits per heavy atom. The van der Waals surface area contributed by atoms with Crippen molar-refractivity contribution in [3.05, 3.63) is 29.3 Å². The Morgan fingerprint density at radius 2 is 2.00 bits per heavy atom. The molecule has 0 aliphatic carbocycles. The Labute approximate surface area is 112 Å². The molecule has 1 aromatic carbocycles. The van der Waals surface area contributed by atoms with Gasteiger partial charge in [-0.05, 0) is 13.0 Å². The molecule has 0 amide bonds. The Morgan fingerprint density at radius 1 is 1.21 bits per heavy atom. The van der Waals surface area contributed by atoms with Crippen LogP contribution >= 0.6 is 11.3 Å². The van der Waals surface area contributed by atoms with Crippen LogP contribution in [-0.2, 0) is 0 Å². The van der Waals surface area contributed by atoms with Crippen LogP contribution in [0.3, 0.4) is 0 Å². The van der Waals surface area contributed by atoms with E-state index in [4.69, 9.17) is 5.21 Å². The van der Waals surface area contributed by atoms with Gasteiger partial charge in [-0.1, -0.05) is 5.16 Å². The van der Waals surface area contributed by atoms with Crippen LogP contribution in [0.25, 0.3) is 0 Å². The van der Waals surface area contributed by atoms with Crippen molar-refractivity contribution in [2.45, 2.75) is 6.92 Å². The highest BCUT2D eigenvalue weighted by Gasteiger charge is 2.11. The quantitative estimate of drug-likeness (QED) is 0.346. The molecule has 7 nitrogen and oxygen atoms in total. The maximum atomic E-state index is 9.67. The van der Waals surface area contributed by atoms with Crippen LogP contribution in [0.5, 0.6) is 11.5 Å². The van der Waals surface area contributed by atoms with Crippen LogP contribution < -0.4 is 0 Å². The number of benzene rings is 1. The van der Waals surface area contributed by atoms with Crippen molar-refractivity contribution in [1.82, 2.24) is 4.98 Å². The van der Waals surface area contributed by atoms with Crippen molar-refractivity contribution >= 4 is 27.9 Å². The van der Waals surface area contributed by atoms with Gasteiger partial charge in [-0.25, -0.2) is 4.98 Å². The van der Waals surface area contributed by atoms with Gasteiger partial charge in [0, 0.05) is 23.2 Å². The topological polar surface area (TPSA) is 111 Å². The van der Waals surface area contributed by atoms with Crippen LogP contribution in [0.4, 0.5) is 10.8 Å². The fraction of sp³-hybridized carbons (Fsp3) is 0.0909. The van der Waals surface area contributed by atoms with Gasteiger partial charge in [0.15, 0.2) is 0 Å². The Balaban J connectivity index is 2.40. The lowest BCUT2D eigenvalue weighted by Gasteiger charge is -2.05. The molecule has 0 aliphatic heterocycles. The van der Waals surface area contributed by atoms with Crippen LogP contribution in [0, 0.1) is 0 Å². The first-order valence-electron chi connectivity index (χ1n) is 5.18. The number of rotatable bonds is 3. The zero-order valence-corrected chi connectivity index (χ0v) is 10.7. The van der Waals surface area contributed by atoms with Crippen molar-refractivity contribution < 1.29 is 15.4 Å². The third kappa shape index (κ3) is 2.86. The highest BCUT2D eigenvalue weighted by atomic mass is 32.1. The number of oxime groups is 1. The average Bonchev–Trinajstić information content (AvgIpc) is 2.90. The normalized spacial score (nSPS) is 12.2. The number of aromatic nitrogens is 1. The lowest BCUT2D eigenvalue weighted by Crippen LogP contribution is -1.94. The Hall–Kier alpha value is -2.48. The summed E-state index contributed by atoms with van der Waals surface area (Å²) < 4.78 is 0. The predicted molar refractivity (Wildman–Crippen MR) is 70.1 cm³/mol. The summed E-state index contributed by atoms with van der Waals surface area (Å²) in [5.74, 6) is -0.437. The van der Waals surface area contributed by atoms with E-state index in [2.05, 4.69) is 20.4 Å². The van der Waals surface area contributed by atoms with E-state index in [-0.39, 0.29) is 28.5 Å². The molecule has 0 radical (unpaired) electrons. The lowest BCUT2D eigenvalue weighted by atomic mass is 10.1. The zero-order valence-electron chi connectivity index (χ0n) is 9.85. The van der Waals surface area contributed by atoms with Crippen molar-refractivity contribution in [3.63, 3.8) is 0 Å². The van der Waals surface area contributed by atoms with Gasteiger partial charge in [-0.2, -0.15) is 0 Å². The number of thiazole rings is 1. The molecule has 0 saturated heterocycles. The molecule has 0 saturated carbocycles. The molecule has 0 aliphatic rings. The maximum absolute atomic E-state index is 9.67. The van der Waals surface area contributed by atoms with E-state index in [1.165, 1.54) is 24.3 Å². The second-order valence-electron chi connectivity index (χ2n) is 3.56. The predicted octanol–water partition coefficient (Wildman–Crippen LogP) is 3.17. The van der Waals surface area contributed by atoms with E-state index >= 15 is 0 Å². The maximum Gasteiger partial charge on any atom is 0.229 e. The number of phenolic OH excluding ortho intramolecular Hbond substituents is 2. The van der Waals surface area contributed by atoms with E-state index in [1.807, 2.05) is 0 Å². The molecule has 0 unspecified atom stereocenters. The molecular formula is C11H10N4O3S. The fourth-order valence-corrected chi connectivity index (χ4v) is 1.80. The van der Waals surface area contributed by atoms with Crippen molar-refractivity contribution in [1.29, 1.82) is 0 Å². The molecule has 19 heavy (non-hydrogen) atoms. The second-order valence-corrected chi connectivity index (χ2v) is 4.43. The lowest BCUT2D eigenvalue weighted by molar-refractivity contribution is 0.318. The first-order valence-corrected chi connectivity index (χ1v) is 6.06. The molecule has 2 rings (SSSR count). The zero-order chi connectivity index (χ0) is 13.8. The molecule has 1 heterocycles. The number of nitrogens with zero attached hydrogens (tertiary/aromatic N) is 4. The standard InChI is InChI=1S/C11H10N4O3S/c1-6(15-18)7-4-8(10(17)5-9(7)16)13-14-11-12-2-3-19-11/h2-5,16-18H,1H3/b14-13?,15-6+. The van der Waals surface area contributed by atoms with Gasteiger partial charge in [0.1, 0.15) is 17.2 Å². The van der Waals surface area contributed by atoms with E-state index in [0.29, 0.717) is 5.13 Å². The summed E-state index contributed by atoms with van der Waals surface area (Å²) in [6.07, 6.45) is 1.59. The van der Waals surface area contributed by atoms with Gasteiger partial charge < -0.3 is 15.4 Å². The van der Waals surface area contributed by atoms with Crippen molar-refractivity contribution in [3.8, 4) is 11.5 Å². The highest BCUT2D eigenvalue weighted by Crippen LogP contribution is 2.35. The molecule has 0 bridgehead atoms. The summed E-state index contributed by atoms with van der Waals surface area (Å²) in [6.45, 7) is 1.51. The number of aromatic hydroxyl groups is 2. The Bertz CT molecular complexity index is 638. The molecular weight excluding hydrogens is 268 g/mol. The van der Waals surface area contributed by atoms with Crippen LogP contribution in [0.15, 0.2) is 39.1 Å². The van der Waals surface area contributed by atoms with E-state index in [9.17, 15) is 10.2 Å². The summed E-state index contributed by atoms with van der Waals surface area (Å²) in [6, 6.07) is 2.48. The summed E-state index contributed by atoms with van der Waals surface area (Å²) in [5, 5.41) is 40.9. The summed E-state index contributed by atoms with van der Waals surface area (Å²) in [5.41, 5.74) is 0.600. The SMILES string of the molecule is C/C(=N\O)c1cc(N=Nc2nccs2)c(O)cc1O. The summed E-state index contributed by atoms with van der Waals surface area (Å²) >= 11 is 1.30. The molecule has 0 spiro atoms. The number of azo groups is 1. The molecule has 1 aromatic heterocycles. The highest BCUT2D eigenvalue weighted by molar-refractivity contribution is 7.13. The minimum absolute atomic E-state index is 0.144. The first-order chi connectivity index (χ1) is 9.11. The van der Waals surface area contributed by atoms with Gasteiger partial charge >= 0.3 is 0 Å². The van der Waals surface area contributed by atoms with Crippen LogP contribution in [0.2, 0.25) is 0 Å². The first kappa shape index (κ1) is 13.0. The third-order valence-corrected chi connectivity index (χ3v) is 2.95. The minimum atomic E-state index is -0.229. The van der Waals surface area contributed by atoms with Crippen molar-refractivity contribution in [2.75, 3.05) is 0 Å². The van der Waals surface area contributed by atoms with Crippen molar-refractivity contribution in [2.24, 2.45) is 15.4 Å². The number of phenols is 2. The molecule has 8 heteroatoms. The van der Waals surface area contributed by atoms with E-state index in [0.717, 1.165) is 6.07 Å².